The minimum absolute atomic E-state index is 0.0470. The van der Waals surface area contributed by atoms with Crippen LogP contribution in [0.25, 0.3) is 0 Å². The van der Waals surface area contributed by atoms with Gasteiger partial charge in [-0.3, -0.25) is 19.2 Å². The second kappa shape index (κ2) is 9.90. The van der Waals surface area contributed by atoms with E-state index in [0.29, 0.717) is 6.54 Å². The molecule has 28 heavy (non-hydrogen) atoms. The van der Waals surface area contributed by atoms with Gasteiger partial charge in [-0.15, -0.1) is 0 Å². The van der Waals surface area contributed by atoms with E-state index in [-0.39, 0.29) is 38.1 Å². The van der Waals surface area contributed by atoms with Crippen molar-refractivity contribution in [2.24, 2.45) is 0 Å². The molecule has 2 rings (SSSR count). The number of amides is 1. The fourth-order valence-corrected chi connectivity index (χ4v) is 3.39. The second-order valence-corrected chi connectivity index (χ2v) is 6.72. The van der Waals surface area contributed by atoms with Gasteiger partial charge < -0.3 is 9.64 Å². The first-order valence-electron chi connectivity index (χ1n) is 9.52. The molecule has 1 atom stereocenters. The minimum atomic E-state index is -4.55. The van der Waals surface area contributed by atoms with Crippen molar-refractivity contribution in [1.82, 2.24) is 19.6 Å². The number of likely N-dealkylation sites (tertiary alicyclic amines) is 1. The number of ether oxygens (including phenoxy) is 1. The number of carbonyl (C=O) groups is 2. The maximum atomic E-state index is 12.7. The first-order valence-corrected chi connectivity index (χ1v) is 9.52. The van der Waals surface area contributed by atoms with Crippen LogP contribution >= 0.6 is 0 Å². The third-order valence-electron chi connectivity index (χ3n) is 4.81. The molecule has 2 heterocycles. The number of halogens is 3. The molecule has 0 aliphatic carbocycles. The highest BCUT2D eigenvalue weighted by Gasteiger charge is 2.34. The first kappa shape index (κ1) is 22.2. The number of rotatable bonds is 9. The second-order valence-electron chi connectivity index (χ2n) is 6.72. The van der Waals surface area contributed by atoms with Crippen LogP contribution in [-0.4, -0.2) is 70.3 Å². The van der Waals surface area contributed by atoms with Gasteiger partial charge in [-0.2, -0.15) is 18.3 Å². The average Bonchev–Trinajstić information content (AvgIpc) is 3.27. The first-order chi connectivity index (χ1) is 13.2. The quantitative estimate of drug-likeness (QED) is 0.590. The molecule has 1 fully saturated rings. The van der Waals surface area contributed by atoms with Gasteiger partial charge in [0.2, 0.25) is 5.91 Å². The number of alkyl halides is 3. The number of nitrogens with zero attached hydrogens (tertiary/aromatic N) is 4. The number of hydrogen-bond donors (Lipinski definition) is 0. The molecule has 0 bridgehead atoms. The molecule has 1 aliphatic rings. The summed E-state index contributed by atoms with van der Waals surface area (Å²) in [5.41, 5.74) is -1.04. The summed E-state index contributed by atoms with van der Waals surface area (Å²) in [6.07, 6.45) is -1.39. The molecule has 0 aromatic carbocycles. The molecular formula is C18H27F3N4O3. The van der Waals surface area contributed by atoms with E-state index < -0.39 is 17.8 Å². The Morgan fingerprint density at radius 1 is 1.36 bits per heavy atom. The molecule has 0 N–H and O–H groups in total. The van der Waals surface area contributed by atoms with Crippen LogP contribution in [0.3, 0.4) is 0 Å². The Kier molecular flexibility index (Phi) is 7.85. The van der Waals surface area contributed by atoms with Crippen molar-refractivity contribution in [2.45, 2.75) is 51.9 Å². The summed E-state index contributed by atoms with van der Waals surface area (Å²) in [4.78, 5) is 28.2. The average molecular weight is 404 g/mol. The molecule has 1 aromatic rings. The summed E-state index contributed by atoms with van der Waals surface area (Å²) in [5.74, 6) is -0.776. The van der Waals surface area contributed by atoms with E-state index in [1.807, 2.05) is 6.92 Å². The van der Waals surface area contributed by atoms with Crippen LogP contribution in [0.4, 0.5) is 13.2 Å². The predicted octanol–water partition coefficient (Wildman–Crippen LogP) is 2.17. The zero-order chi connectivity index (χ0) is 20.7. The lowest BCUT2D eigenvalue weighted by Crippen LogP contribution is -2.45. The molecule has 158 valence electrons. The van der Waals surface area contributed by atoms with Crippen molar-refractivity contribution in [2.75, 3.05) is 32.8 Å². The number of aromatic nitrogens is 2. The summed E-state index contributed by atoms with van der Waals surface area (Å²) in [6.45, 7) is 6.11. The van der Waals surface area contributed by atoms with E-state index in [9.17, 15) is 22.8 Å². The molecule has 10 heteroatoms. The van der Waals surface area contributed by atoms with E-state index >= 15 is 0 Å². The molecule has 1 aromatic heterocycles. The molecular weight excluding hydrogens is 377 g/mol. The zero-order valence-corrected chi connectivity index (χ0v) is 16.2. The van der Waals surface area contributed by atoms with Gasteiger partial charge >= 0.3 is 12.1 Å². The Hall–Kier alpha value is -2.10. The Labute approximate surface area is 162 Å². The molecule has 0 radical (unpaired) electrons. The topological polar surface area (TPSA) is 67.7 Å². The van der Waals surface area contributed by atoms with Gasteiger partial charge in [-0.25, -0.2) is 0 Å². The Bertz CT molecular complexity index is 663. The maximum absolute atomic E-state index is 12.7. The lowest BCUT2D eigenvalue weighted by Gasteiger charge is -2.30. The SMILES string of the molecule is CCOC(=O)CCN(CC1CCCN1CC)C(=O)Cn1ccc(C(F)(F)F)n1. The molecule has 1 unspecified atom stereocenters. The molecule has 0 saturated carbocycles. The van der Waals surface area contributed by atoms with E-state index in [0.717, 1.165) is 42.9 Å². The van der Waals surface area contributed by atoms with Gasteiger partial charge in [0, 0.05) is 25.3 Å². The highest BCUT2D eigenvalue weighted by molar-refractivity contribution is 5.77. The summed E-state index contributed by atoms with van der Waals surface area (Å²) in [6, 6.07) is 1.02. The van der Waals surface area contributed by atoms with Crippen LogP contribution in [0.1, 0.15) is 38.8 Å². The number of hydrogen-bond acceptors (Lipinski definition) is 5. The largest absolute Gasteiger partial charge is 0.466 e. The fourth-order valence-electron chi connectivity index (χ4n) is 3.39. The normalized spacial score (nSPS) is 17.7. The van der Waals surface area contributed by atoms with Crippen LogP contribution in [0.15, 0.2) is 12.3 Å². The van der Waals surface area contributed by atoms with Crippen molar-refractivity contribution >= 4 is 11.9 Å². The van der Waals surface area contributed by atoms with Crippen molar-refractivity contribution in [3.8, 4) is 0 Å². The summed E-state index contributed by atoms with van der Waals surface area (Å²) >= 11 is 0. The lowest BCUT2D eigenvalue weighted by molar-refractivity contribution is -0.145. The number of carbonyl (C=O) groups excluding carboxylic acids is 2. The van der Waals surface area contributed by atoms with Crippen LogP contribution in [0.5, 0.6) is 0 Å². The van der Waals surface area contributed by atoms with Crippen LogP contribution in [-0.2, 0) is 27.0 Å². The lowest BCUT2D eigenvalue weighted by atomic mass is 10.2. The van der Waals surface area contributed by atoms with Gasteiger partial charge in [0.1, 0.15) is 6.54 Å². The van der Waals surface area contributed by atoms with Gasteiger partial charge in [-0.1, -0.05) is 6.92 Å². The van der Waals surface area contributed by atoms with Crippen molar-refractivity contribution in [3.63, 3.8) is 0 Å². The van der Waals surface area contributed by atoms with Crippen molar-refractivity contribution < 1.29 is 27.5 Å². The van der Waals surface area contributed by atoms with E-state index in [1.165, 1.54) is 4.90 Å². The number of esters is 1. The van der Waals surface area contributed by atoms with Crippen molar-refractivity contribution in [3.05, 3.63) is 18.0 Å². The van der Waals surface area contributed by atoms with E-state index in [4.69, 9.17) is 4.74 Å². The third-order valence-corrected chi connectivity index (χ3v) is 4.81. The summed E-state index contributed by atoms with van der Waals surface area (Å²) < 4.78 is 44.0. The third kappa shape index (κ3) is 6.22. The van der Waals surface area contributed by atoms with E-state index in [2.05, 4.69) is 10.00 Å². The standard InChI is InChI=1S/C18H27F3N4O3/c1-3-23-9-5-6-14(23)12-24(10-8-17(27)28-4-2)16(26)13-25-11-7-15(22-25)18(19,20)21/h7,11,14H,3-6,8-10,12-13H2,1-2H3. The highest BCUT2D eigenvalue weighted by Crippen LogP contribution is 2.27. The smallest absolute Gasteiger partial charge is 0.435 e. The van der Waals surface area contributed by atoms with Crippen LogP contribution in [0.2, 0.25) is 0 Å². The Balaban J connectivity index is 2.04. The Morgan fingerprint density at radius 3 is 2.71 bits per heavy atom. The molecule has 7 nitrogen and oxygen atoms in total. The molecule has 1 saturated heterocycles. The zero-order valence-electron chi connectivity index (χ0n) is 16.2. The maximum Gasteiger partial charge on any atom is 0.435 e. The summed E-state index contributed by atoms with van der Waals surface area (Å²) in [7, 11) is 0. The molecule has 1 amide bonds. The minimum Gasteiger partial charge on any atom is -0.466 e. The Morgan fingerprint density at radius 2 is 2.11 bits per heavy atom. The van der Waals surface area contributed by atoms with Gasteiger partial charge in [-0.05, 0) is 38.9 Å². The monoisotopic (exact) mass is 404 g/mol. The van der Waals surface area contributed by atoms with Gasteiger partial charge in [0.15, 0.2) is 5.69 Å². The molecule has 1 aliphatic heterocycles. The van der Waals surface area contributed by atoms with Crippen LogP contribution < -0.4 is 0 Å². The fraction of sp³-hybridized carbons (Fsp3) is 0.722. The summed E-state index contributed by atoms with van der Waals surface area (Å²) in [5, 5.41) is 3.43. The molecule has 0 spiro atoms. The van der Waals surface area contributed by atoms with Crippen LogP contribution in [0, 0.1) is 0 Å². The number of likely N-dealkylation sites (N-methyl/N-ethyl adjacent to an activating group) is 1. The predicted molar refractivity (Wildman–Crippen MR) is 95.3 cm³/mol. The highest BCUT2D eigenvalue weighted by atomic mass is 19.4. The van der Waals surface area contributed by atoms with Gasteiger partial charge in [0.25, 0.3) is 0 Å². The van der Waals surface area contributed by atoms with Gasteiger partial charge in [0.05, 0.1) is 13.0 Å². The van der Waals surface area contributed by atoms with Crippen molar-refractivity contribution in [1.29, 1.82) is 0 Å². The van der Waals surface area contributed by atoms with E-state index in [1.54, 1.807) is 6.92 Å².